The zero-order chi connectivity index (χ0) is 28.5. The average molecular weight is 545 g/mol. The highest BCUT2D eigenvalue weighted by Gasteiger charge is 2.20. The third-order valence-electron chi connectivity index (χ3n) is 5.76. The topological polar surface area (TPSA) is 110 Å². The first-order valence-corrected chi connectivity index (χ1v) is 12.0. The molecule has 0 atom stereocenters. The summed E-state index contributed by atoms with van der Waals surface area (Å²) >= 11 is 0. The first-order chi connectivity index (χ1) is 19.5. The van der Waals surface area contributed by atoms with E-state index in [1.54, 1.807) is 73.2 Å². The van der Waals surface area contributed by atoms with Crippen LogP contribution in [0.2, 0.25) is 0 Å². The molecule has 40 heavy (non-hydrogen) atoms. The average Bonchev–Trinajstić information content (AvgIpc) is 3.73. The van der Waals surface area contributed by atoms with Crippen LogP contribution in [0.4, 0.5) is 0 Å². The molecular weight excluding hydrogens is 516 g/mol. The van der Waals surface area contributed by atoms with E-state index >= 15 is 0 Å². The van der Waals surface area contributed by atoms with Crippen LogP contribution in [0.15, 0.2) is 100 Å². The molecule has 1 N–H and O–H groups in total. The van der Waals surface area contributed by atoms with Gasteiger partial charge in [0, 0.05) is 11.1 Å². The van der Waals surface area contributed by atoms with E-state index in [4.69, 9.17) is 32.5 Å². The fourth-order valence-corrected chi connectivity index (χ4v) is 3.77. The number of hydrogen-bond acceptors (Lipinski definition) is 9. The van der Waals surface area contributed by atoms with Gasteiger partial charge in [-0.05, 0) is 60.7 Å². The number of carbonyl (C=O) groups is 1. The molecule has 9 heteroatoms. The number of ether oxygens (including phenoxy) is 5. The van der Waals surface area contributed by atoms with E-state index in [0.29, 0.717) is 40.1 Å². The van der Waals surface area contributed by atoms with E-state index in [9.17, 15) is 9.90 Å². The molecule has 0 spiro atoms. The highest BCUT2D eigenvalue weighted by atomic mass is 16.6. The smallest absolute Gasteiger partial charge is 0.343 e. The Morgan fingerprint density at radius 2 is 1.07 bits per heavy atom. The molecule has 5 rings (SSSR count). The molecule has 0 saturated heterocycles. The lowest BCUT2D eigenvalue weighted by Gasteiger charge is -2.14. The molecule has 0 amide bonds. The quantitative estimate of drug-likeness (QED) is 0.166. The molecular formula is C31H28O9. The minimum absolute atomic E-state index is 0.0136. The van der Waals surface area contributed by atoms with Crippen molar-refractivity contribution >= 4 is 5.97 Å². The summed E-state index contributed by atoms with van der Waals surface area (Å²) in [6, 6.07) is 22.8. The van der Waals surface area contributed by atoms with Gasteiger partial charge in [-0.25, -0.2) is 4.79 Å². The summed E-state index contributed by atoms with van der Waals surface area (Å²) in [6.07, 6.45) is 3.17. The third kappa shape index (κ3) is 6.21. The van der Waals surface area contributed by atoms with Crippen LogP contribution in [0.5, 0.6) is 34.5 Å². The lowest BCUT2D eigenvalue weighted by molar-refractivity contribution is 0.0724. The maximum atomic E-state index is 12.3. The standard InChI is InChI=1S/C19H16O5.C12H12O4/c1-21-16-11-14(15-9-6-10-23-15)12-17(22-2)18(16)24-19(20)13-7-4-3-5-8-13;1-14-10-6-8(9-4-3-5-16-9)7-11(15-2)12(10)13/h3-12H,1-2H3;3-7,13H,1-2H3. The summed E-state index contributed by atoms with van der Waals surface area (Å²) in [7, 11) is 5.97. The fourth-order valence-electron chi connectivity index (χ4n) is 3.77. The SMILES string of the molecule is COc1cc(-c2ccco2)cc(OC)c1O.COc1cc(-c2ccco2)cc(OC)c1OC(=O)c1ccccc1. The van der Waals surface area contributed by atoms with Gasteiger partial charge in [-0.1, -0.05) is 18.2 Å². The Morgan fingerprint density at radius 3 is 1.48 bits per heavy atom. The van der Waals surface area contributed by atoms with Crippen molar-refractivity contribution in [1.82, 2.24) is 0 Å². The Kier molecular flexibility index (Phi) is 8.99. The van der Waals surface area contributed by atoms with E-state index in [0.717, 1.165) is 11.1 Å². The Bertz CT molecular complexity index is 1470. The van der Waals surface area contributed by atoms with Crippen LogP contribution in [0.3, 0.4) is 0 Å². The van der Waals surface area contributed by atoms with Gasteiger partial charge in [0.1, 0.15) is 11.5 Å². The van der Waals surface area contributed by atoms with Crippen LogP contribution in [-0.2, 0) is 0 Å². The second kappa shape index (κ2) is 13.0. The Balaban J connectivity index is 0.000000201. The van der Waals surface area contributed by atoms with Gasteiger partial charge in [0.15, 0.2) is 23.0 Å². The molecule has 206 valence electrons. The number of phenols is 1. The van der Waals surface area contributed by atoms with Crippen LogP contribution in [0.1, 0.15) is 10.4 Å². The van der Waals surface area contributed by atoms with Gasteiger partial charge in [0.2, 0.25) is 11.5 Å². The van der Waals surface area contributed by atoms with Gasteiger partial charge in [-0.15, -0.1) is 0 Å². The molecule has 0 fully saturated rings. The van der Waals surface area contributed by atoms with Crippen LogP contribution in [-0.4, -0.2) is 39.5 Å². The normalized spacial score (nSPS) is 10.2. The predicted molar refractivity (Wildman–Crippen MR) is 148 cm³/mol. The Labute approximate surface area is 231 Å². The summed E-state index contributed by atoms with van der Waals surface area (Å²) in [5.74, 6) is 2.54. The Hall–Kier alpha value is -5.31. The molecule has 2 aromatic heterocycles. The summed E-state index contributed by atoms with van der Waals surface area (Å²) in [5.41, 5.74) is 1.99. The minimum atomic E-state index is -0.488. The van der Waals surface area contributed by atoms with Gasteiger partial charge >= 0.3 is 5.97 Å². The maximum Gasteiger partial charge on any atom is 0.343 e. The lowest BCUT2D eigenvalue weighted by Crippen LogP contribution is -2.10. The van der Waals surface area contributed by atoms with Crippen molar-refractivity contribution < 1.29 is 42.4 Å². The highest BCUT2D eigenvalue weighted by Crippen LogP contribution is 2.42. The maximum absolute atomic E-state index is 12.3. The van der Waals surface area contributed by atoms with Gasteiger partial charge in [0.25, 0.3) is 0 Å². The number of carbonyl (C=O) groups excluding carboxylic acids is 1. The van der Waals surface area contributed by atoms with Crippen molar-refractivity contribution in [3.8, 4) is 57.1 Å². The van der Waals surface area contributed by atoms with Gasteiger partial charge < -0.3 is 37.6 Å². The lowest BCUT2D eigenvalue weighted by atomic mass is 10.1. The van der Waals surface area contributed by atoms with Gasteiger partial charge in [0.05, 0.1) is 46.5 Å². The van der Waals surface area contributed by atoms with Crippen LogP contribution < -0.4 is 23.7 Å². The number of hydrogen-bond donors (Lipinski definition) is 1. The summed E-state index contributed by atoms with van der Waals surface area (Å²) in [6.45, 7) is 0. The zero-order valence-corrected chi connectivity index (χ0v) is 22.4. The molecule has 0 unspecified atom stereocenters. The molecule has 0 aliphatic carbocycles. The minimum Gasteiger partial charge on any atom is -0.502 e. The van der Waals surface area contributed by atoms with Crippen LogP contribution >= 0.6 is 0 Å². The number of benzene rings is 3. The van der Waals surface area contributed by atoms with Crippen molar-refractivity contribution in [2.45, 2.75) is 0 Å². The highest BCUT2D eigenvalue weighted by molar-refractivity contribution is 5.92. The molecule has 0 radical (unpaired) electrons. The molecule has 2 heterocycles. The van der Waals surface area contributed by atoms with Crippen molar-refractivity contribution in [1.29, 1.82) is 0 Å². The second-order valence-corrected chi connectivity index (χ2v) is 8.15. The fraction of sp³-hybridized carbons (Fsp3) is 0.129. The molecule has 0 bridgehead atoms. The van der Waals surface area contributed by atoms with Gasteiger partial charge in [-0.3, -0.25) is 0 Å². The molecule has 0 aliphatic heterocycles. The number of esters is 1. The summed E-state index contributed by atoms with van der Waals surface area (Å²) in [4.78, 5) is 12.3. The van der Waals surface area contributed by atoms with E-state index in [1.165, 1.54) is 28.4 Å². The van der Waals surface area contributed by atoms with Crippen molar-refractivity contribution in [3.63, 3.8) is 0 Å². The third-order valence-corrected chi connectivity index (χ3v) is 5.76. The van der Waals surface area contributed by atoms with Gasteiger partial charge in [-0.2, -0.15) is 0 Å². The van der Waals surface area contributed by atoms with E-state index in [1.807, 2.05) is 18.2 Å². The Morgan fingerprint density at radius 1 is 0.625 bits per heavy atom. The molecule has 3 aromatic carbocycles. The molecule has 5 aromatic rings. The summed E-state index contributed by atoms with van der Waals surface area (Å²) in [5, 5.41) is 9.73. The number of furan rings is 2. The number of methoxy groups -OCH3 is 4. The van der Waals surface area contributed by atoms with E-state index in [-0.39, 0.29) is 11.5 Å². The van der Waals surface area contributed by atoms with E-state index < -0.39 is 5.97 Å². The largest absolute Gasteiger partial charge is 0.502 e. The van der Waals surface area contributed by atoms with Crippen LogP contribution in [0, 0.1) is 0 Å². The molecule has 0 aliphatic rings. The van der Waals surface area contributed by atoms with Crippen LogP contribution in [0.25, 0.3) is 22.6 Å². The first kappa shape index (κ1) is 27.7. The van der Waals surface area contributed by atoms with Crippen molar-refractivity contribution in [2.75, 3.05) is 28.4 Å². The van der Waals surface area contributed by atoms with Crippen molar-refractivity contribution in [3.05, 3.63) is 97.0 Å². The van der Waals surface area contributed by atoms with E-state index in [2.05, 4.69) is 0 Å². The monoisotopic (exact) mass is 544 g/mol. The molecule has 0 saturated carbocycles. The number of rotatable bonds is 8. The zero-order valence-electron chi connectivity index (χ0n) is 22.4. The second-order valence-electron chi connectivity index (χ2n) is 8.15. The number of phenolic OH excluding ortho intramolecular Hbond substituents is 1. The number of aromatic hydroxyl groups is 1. The van der Waals surface area contributed by atoms with Crippen molar-refractivity contribution in [2.24, 2.45) is 0 Å². The predicted octanol–water partition coefficient (Wildman–Crippen LogP) is 6.85. The molecule has 9 nitrogen and oxygen atoms in total. The summed E-state index contributed by atoms with van der Waals surface area (Å²) < 4.78 is 37.0. The first-order valence-electron chi connectivity index (χ1n) is 12.0.